The molecular formula is C52H76ClN5O12V. The summed E-state index contributed by atoms with van der Waals surface area (Å²) in [4.78, 5) is 41.2. The number of hydrogen-bond acceptors (Lipinski definition) is 16. The molecule has 4 aromatic rings. The molecular weight excluding hydrogens is 973 g/mol. The summed E-state index contributed by atoms with van der Waals surface area (Å²) in [6, 6.07) is 20.3. The average Bonchev–Trinajstić information content (AvgIpc) is 3.26. The number of aliphatic imine (C=N–C) groups is 2. The minimum absolute atomic E-state index is 0. The molecule has 0 aromatic heterocycles. The van der Waals surface area contributed by atoms with Gasteiger partial charge in [0.1, 0.15) is 54.0 Å². The molecule has 0 heterocycles. The Morgan fingerprint density at radius 3 is 1.77 bits per heavy atom. The van der Waals surface area contributed by atoms with E-state index >= 15 is 0 Å². The number of phenolic OH excluding ortho intramolecular Hbond substituents is 1. The van der Waals surface area contributed by atoms with Gasteiger partial charge >= 0.3 is 11.9 Å². The van der Waals surface area contributed by atoms with Crippen LogP contribution in [0.2, 0.25) is 0 Å². The summed E-state index contributed by atoms with van der Waals surface area (Å²) in [5, 5.41) is 19.7. The topological polar surface area (TPSA) is 246 Å². The summed E-state index contributed by atoms with van der Waals surface area (Å²) in [5.41, 5.74) is 15.5. The van der Waals surface area contributed by atoms with E-state index in [0.717, 1.165) is 56.1 Å². The van der Waals surface area contributed by atoms with Crippen molar-refractivity contribution in [2.75, 3.05) is 54.0 Å². The van der Waals surface area contributed by atoms with E-state index < -0.39 is 5.97 Å². The molecule has 0 unspecified atom stereocenters. The van der Waals surface area contributed by atoms with Gasteiger partial charge in [0.25, 0.3) is 0 Å². The van der Waals surface area contributed by atoms with Crippen molar-refractivity contribution < 1.29 is 75.9 Å². The number of nitrogens with two attached hydrogens (primary N) is 2. The third-order valence-electron chi connectivity index (χ3n) is 8.77. The zero-order valence-corrected chi connectivity index (χ0v) is 46.3. The van der Waals surface area contributed by atoms with Gasteiger partial charge in [-0.05, 0) is 130 Å². The Kier molecular flexibility index (Phi) is 37.5. The third kappa shape index (κ3) is 28.3. The molecule has 0 fully saturated rings. The van der Waals surface area contributed by atoms with E-state index in [4.69, 9.17) is 49.9 Å². The van der Waals surface area contributed by atoms with Gasteiger partial charge in [0.15, 0.2) is 11.7 Å². The first-order valence-electron chi connectivity index (χ1n) is 22.4. The number of anilines is 1. The van der Waals surface area contributed by atoms with E-state index in [0.29, 0.717) is 30.7 Å². The number of nitrogen functional groups attached to an aromatic ring is 1. The smallest absolute Gasteiger partial charge is 0.320 e. The van der Waals surface area contributed by atoms with Gasteiger partial charge in [0.2, 0.25) is 0 Å². The molecule has 17 nitrogen and oxygen atoms in total. The molecule has 71 heavy (non-hydrogen) atoms. The Balaban J connectivity index is -0.000000843. The number of phenols is 1. The van der Waals surface area contributed by atoms with Crippen LogP contribution in [0.25, 0.3) is 10.8 Å². The summed E-state index contributed by atoms with van der Waals surface area (Å²) in [5.74, 6) is 3.20. The SMILES string of the molecule is CCOC(=O)CC#N.CCOC(=O)CC(N)=NC(C)C.COCC(=O)CC(=Nc1cccc(OC)c1C)OC(C)C.COc1ccc2c(O)cc(OC(C)C)cc2c1C.COc1cccc(N)c1C.Cl.[V]. The molecule has 0 aliphatic carbocycles. The van der Waals surface area contributed by atoms with Crippen molar-refractivity contribution in [1.82, 2.24) is 0 Å². The molecule has 4 rings (SSSR count). The third-order valence-corrected chi connectivity index (χ3v) is 8.77. The van der Waals surface area contributed by atoms with Gasteiger partial charge in [0, 0.05) is 60.0 Å². The molecule has 0 aliphatic heterocycles. The number of nitrogens with zero attached hydrogens (tertiary/aromatic N) is 3. The predicted molar refractivity (Wildman–Crippen MR) is 279 cm³/mol. The predicted octanol–water partition coefficient (Wildman–Crippen LogP) is 9.89. The fourth-order valence-corrected chi connectivity index (χ4v) is 5.78. The number of rotatable bonds is 17. The molecule has 0 saturated carbocycles. The number of amidine groups is 1. The molecule has 393 valence electrons. The van der Waals surface area contributed by atoms with Crippen molar-refractivity contribution in [3.05, 3.63) is 77.4 Å². The minimum atomic E-state index is -0.449. The maximum Gasteiger partial charge on any atom is 0.320 e. The van der Waals surface area contributed by atoms with Crippen LogP contribution in [-0.2, 0) is 51.9 Å². The van der Waals surface area contributed by atoms with Gasteiger partial charge in [-0.25, -0.2) is 4.99 Å². The molecule has 0 atom stereocenters. The fraction of sp³-hybridized carbons (Fsp3) is 0.462. The molecule has 1 radical (unpaired) electrons. The minimum Gasteiger partial charge on any atom is -0.507 e. The zero-order valence-electron chi connectivity index (χ0n) is 44.0. The molecule has 5 N–H and O–H groups in total. The van der Waals surface area contributed by atoms with E-state index in [1.54, 1.807) is 47.3 Å². The number of carbonyl (C=O) groups excluding carboxylic acids is 3. The van der Waals surface area contributed by atoms with Gasteiger partial charge in [-0.2, -0.15) is 5.26 Å². The Hall–Kier alpha value is -6.19. The first kappa shape index (κ1) is 69.1. The number of carbonyl (C=O) groups is 3. The Morgan fingerprint density at radius 2 is 1.28 bits per heavy atom. The van der Waals surface area contributed by atoms with Crippen molar-refractivity contribution in [2.45, 2.75) is 114 Å². The van der Waals surface area contributed by atoms with Crippen molar-refractivity contribution in [1.29, 1.82) is 5.26 Å². The summed E-state index contributed by atoms with van der Waals surface area (Å²) in [7, 11) is 6.39. The second-order valence-electron chi connectivity index (χ2n) is 15.5. The van der Waals surface area contributed by atoms with Gasteiger partial charge in [0.05, 0.1) is 64.9 Å². The van der Waals surface area contributed by atoms with Gasteiger partial charge in [-0.1, -0.05) is 12.1 Å². The number of benzene rings is 4. The first-order chi connectivity index (χ1) is 32.6. The van der Waals surface area contributed by atoms with Crippen LogP contribution < -0.4 is 30.4 Å². The number of methoxy groups -OCH3 is 4. The number of esters is 2. The molecule has 0 saturated heterocycles. The Morgan fingerprint density at radius 1 is 0.732 bits per heavy atom. The number of aryl methyl sites for hydroxylation is 1. The number of halogens is 1. The summed E-state index contributed by atoms with van der Waals surface area (Å²) < 4.78 is 40.8. The normalized spacial score (nSPS) is 10.4. The number of fused-ring (bicyclic) bond motifs is 1. The number of hydrogen-bond donors (Lipinski definition) is 3. The second kappa shape index (κ2) is 38.6. The quantitative estimate of drug-likeness (QED) is 0.0385. The van der Waals surface area contributed by atoms with Crippen molar-refractivity contribution in [2.24, 2.45) is 15.7 Å². The number of Topliss-reactive ketones (excluding diaryl/α,β-unsaturated/α-hetero) is 1. The standard InChI is InChI=1S/C16H23NO4.C15H18O3.C8H16N2O2.C8H11NO.C5H7NO2.ClH.V/c1-11(2)21-16(9-13(18)10-19-4)17-14-7-6-8-15(20-5)12(14)3;1-9(2)18-11-7-13-10(3)15(17-4)6-5-12(13)14(16)8-11;1-4-12-8(11)5-7(9)10-6(2)3;1-6-7(9)4-3-5-8(6)10-2;1-2-8-5(7)3-4-6;;/h6-8,11H,9-10H2,1-5H3;5-9,16H,1-4H3;6H,4-5H2,1-3H3,(H2,9,10);3-5H,9H2,1-2H3;2-3H2,1H3;1H;. The van der Waals surface area contributed by atoms with Crippen LogP contribution >= 0.6 is 12.4 Å². The van der Waals surface area contributed by atoms with Gasteiger partial charge < -0.3 is 54.5 Å². The van der Waals surface area contributed by atoms with Crippen LogP contribution in [0.5, 0.6) is 28.7 Å². The van der Waals surface area contributed by atoms with Crippen LogP contribution in [-0.4, -0.2) is 101 Å². The number of ketones is 1. The molecule has 0 spiro atoms. The van der Waals surface area contributed by atoms with E-state index in [-0.39, 0.29) is 92.6 Å². The van der Waals surface area contributed by atoms with E-state index in [1.807, 2.05) is 117 Å². The van der Waals surface area contributed by atoms with E-state index in [1.165, 1.54) is 7.11 Å². The molecule has 19 heteroatoms. The molecule has 0 aliphatic rings. The van der Waals surface area contributed by atoms with Crippen LogP contribution in [0, 0.1) is 32.1 Å². The van der Waals surface area contributed by atoms with E-state index in [2.05, 4.69) is 14.7 Å². The Labute approximate surface area is 438 Å². The first-order valence-corrected chi connectivity index (χ1v) is 22.4. The fourth-order valence-electron chi connectivity index (χ4n) is 5.78. The molecule has 0 bridgehead atoms. The average molecular weight is 1050 g/mol. The molecule has 0 amide bonds. The van der Waals surface area contributed by atoms with Crippen LogP contribution in [0.15, 0.2) is 70.6 Å². The van der Waals surface area contributed by atoms with Gasteiger partial charge in [-0.15, -0.1) is 12.4 Å². The number of aromatic hydroxyl groups is 1. The number of nitriles is 1. The molecule has 4 aromatic carbocycles. The van der Waals surface area contributed by atoms with Crippen LogP contribution in [0.1, 0.15) is 91.3 Å². The van der Waals surface area contributed by atoms with Crippen LogP contribution in [0.3, 0.4) is 0 Å². The van der Waals surface area contributed by atoms with Gasteiger partial charge in [-0.3, -0.25) is 19.4 Å². The maximum absolute atomic E-state index is 11.7. The van der Waals surface area contributed by atoms with E-state index in [9.17, 15) is 19.5 Å². The maximum atomic E-state index is 11.7. The monoisotopic (exact) mass is 1050 g/mol. The Bertz CT molecular complexity index is 2320. The van der Waals surface area contributed by atoms with Crippen LogP contribution in [0.4, 0.5) is 11.4 Å². The summed E-state index contributed by atoms with van der Waals surface area (Å²) in [6.07, 6.45) is 0.0838. The van der Waals surface area contributed by atoms with Crippen molar-refractivity contribution in [3.8, 4) is 34.8 Å². The summed E-state index contributed by atoms with van der Waals surface area (Å²) >= 11 is 0. The van der Waals surface area contributed by atoms with Crippen molar-refractivity contribution in [3.63, 3.8) is 0 Å². The second-order valence-corrected chi connectivity index (χ2v) is 15.5. The van der Waals surface area contributed by atoms with Crippen molar-refractivity contribution >= 4 is 64.0 Å². The largest absolute Gasteiger partial charge is 0.507 e. The summed E-state index contributed by atoms with van der Waals surface area (Å²) in [6.45, 7) is 21.6. The zero-order chi connectivity index (χ0) is 52.6. The number of ether oxygens (including phenoxy) is 8.